The number of hydrogen-bond acceptors (Lipinski definition) is 2. The molecule has 4 nitrogen and oxygen atoms in total. The number of nitrogens with zero attached hydrogens (tertiary/aromatic N) is 2. The summed E-state index contributed by atoms with van der Waals surface area (Å²) < 4.78 is 1.87. The van der Waals surface area contributed by atoms with E-state index in [4.69, 9.17) is 0 Å². The molecule has 3 rings (SSSR count). The number of benzene rings is 1. The molecular formula is C15H17N3O. The lowest BCUT2D eigenvalue weighted by Gasteiger charge is -2.10. The van der Waals surface area contributed by atoms with Crippen molar-refractivity contribution in [1.82, 2.24) is 14.8 Å². The first-order chi connectivity index (χ1) is 9.29. The van der Waals surface area contributed by atoms with E-state index in [1.54, 1.807) is 6.20 Å². The highest BCUT2D eigenvalue weighted by molar-refractivity contribution is 5.83. The number of aliphatic hydroxyl groups is 1. The van der Waals surface area contributed by atoms with E-state index in [1.165, 1.54) is 0 Å². The van der Waals surface area contributed by atoms with Crippen LogP contribution in [0.4, 0.5) is 0 Å². The van der Waals surface area contributed by atoms with Gasteiger partial charge in [-0.1, -0.05) is 19.1 Å². The van der Waals surface area contributed by atoms with E-state index in [0.717, 1.165) is 35.0 Å². The van der Waals surface area contributed by atoms with Crippen molar-refractivity contribution in [2.45, 2.75) is 26.0 Å². The Morgan fingerprint density at radius 1 is 1.37 bits per heavy atom. The quantitative estimate of drug-likeness (QED) is 0.753. The fourth-order valence-corrected chi connectivity index (χ4v) is 2.40. The van der Waals surface area contributed by atoms with E-state index in [9.17, 15) is 5.11 Å². The fourth-order valence-electron chi connectivity index (χ4n) is 2.40. The van der Waals surface area contributed by atoms with Crippen LogP contribution in [-0.2, 0) is 6.54 Å². The van der Waals surface area contributed by atoms with Gasteiger partial charge in [-0.05, 0) is 24.1 Å². The molecule has 0 amide bonds. The molecule has 0 saturated carbocycles. The van der Waals surface area contributed by atoms with Crippen LogP contribution in [0, 0.1) is 0 Å². The van der Waals surface area contributed by atoms with Gasteiger partial charge in [-0.25, -0.2) is 0 Å². The maximum Gasteiger partial charge on any atom is 0.108 e. The normalized spacial score (nSPS) is 12.9. The highest BCUT2D eigenvalue weighted by Crippen LogP contribution is 2.28. The minimum absolute atomic E-state index is 0.634. The summed E-state index contributed by atoms with van der Waals surface area (Å²) in [6.07, 6.45) is 5.95. The Balaban J connectivity index is 1.98. The Morgan fingerprint density at radius 2 is 2.26 bits per heavy atom. The number of aryl methyl sites for hydroxylation is 1. The van der Waals surface area contributed by atoms with Crippen molar-refractivity contribution in [3.8, 4) is 0 Å². The number of aromatic amines is 1. The first kappa shape index (κ1) is 12.0. The van der Waals surface area contributed by atoms with E-state index in [-0.39, 0.29) is 0 Å². The minimum Gasteiger partial charge on any atom is -0.384 e. The second-order valence-electron chi connectivity index (χ2n) is 4.73. The van der Waals surface area contributed by atoms with Crippen LogP contribution in [0.1, 0.15) is 30.6 Å². The molecule has 0 radical (unpaired) electrons. The van der Waals surface area contributed by atoms with Gasteiger partial charge in [0.2, 0.25) is 0 Å². The molecule has 2 N–H and O–H groups in total. The van der Waals surface area contributed by atoms with E-state index in [1.807, 2.05) is 41.3 Å². The van der Waals surface area contributed by atoms with Crippen molar-refractivity contribution in [1.29, 1.82) is 0 Å². The molecule has 98 valence electrons. The third kappa shape index (κ3) is 2.15. The molecule has 2 heterocycles. The Kier molecular flexibility index (Phi) is 3.09. The molecule has 0 bridgehead atoms. The molecule has 19 heavy (non-hydrogen) atoms. The number of hydrogen-bond donors (Lipinski definition) is 2. The van der Waals surface area contributed by atoms with Crippen LogP contribution in [0.25, 0.3) is 10.9 Å². The molecule has 1 unspecified atom stereocenters. The number of rotatable bonds is 4. The fraction of sp³-hybridized carbons (Fsp3) is 0.267. The summed E-state index contributed by atoms with van der Waals surface area (Å²) in [5, 5.41) is 15.8. The molecule has 0 aliphatic carbocycles. The topological polar surface area (TPSA) is 53.8 Å². The van der Waals surface area contributed by atoms with Gasteiger partial charge < -0.3 is 10.1 Å². The zero-order chi connectivity index (χ0) is 13.2. The summed E-state index contributed by atoms with van der Waals surface area (Å²) in [5.74, 6) is 0. The maximum absolute atomic E-state index is 10.5. The van der Waals surface area contributed by atoms with Gasteiger partial charge >= 0.3 is 0 Å². The SMILES string of the molecule is CCCn1cc(C(O)c2cccc3[nH]ccc23)cn1. The summed E-state index contributed by atoms with van der Waals surface area (Å²) in [4.78, 5) is 3.16. The lowest BCUT2D eigenvalue weighted by atomic mass is 10.0. The number of nitrogens with one attached hydrogen (secondary N) is 1. The van der Waals surface area contributed by atoms with Crippen LogP contribution in [0.5, 0.6) is 0 Å². The number of fused-ring (bicyclic) bond motifs is 1. The molecule has 1 atom stereocenters. The Morgan fingerprint density at radius 3 is 3.11 bits per heavy atom. The third-order valence-electron chi connectivity index (χ3n) is 3.34. The van der Waals surface area contributed by atoms with Crippen molar-refractivity contribution < 1.29 is 5.11 Å². The lowest BCUT2D eigenvalue weighted by molar-refractivity contribution is 0.222. The predicted octanol–water partition coefficient (Wildman–Crippen LogP) is 2.86. The average molecular weight is 255 g/mol. The van der Waals surface area contributed by atoms with Crippen LogP contribution in [-0.4, -0.2) is 19.9 Å². The number of H-pyrrole nitrogens is 1. The molecule has 0 fully saturated rings. The standard InChI is InChI=1S/C15H17N3O/c1-2-8-18-10-11(9-17-18)15(19)13-4-3-5-14-12(13)6-7-16-14/h3-7,9-10,15-16,19H,2,8H2,1H3. The van der Waals surface area contributed by atoms with Crippen molar-refractivity contribution in [3.05, 3.63) is 54.0 Å². The first-order valence-electron chi connectivity index (χ1n) is 6.56. The molecule has 0 aliphatic rings. The van der Waals surface area contributed by atoms with Crippen LogP contribution < -0.4 is 0 Å². The molecule has 0 saturated heterocycles. The van der Waals surface area contributed by atoms with Gasteiger partial charge in [-0.15, -0.1) is 0 Å². The summed E-state index contributed by atoms with van der Waals surface area (Å²) in [6, 6.07) is 7.91. The number of aliphatic hydroxyl groups excluding tert-OH is 1. The summed E-state index contributed by atoms with van der Waals surface area (Å²) in [5.41, 5.74) is 2.79. The summed E-state index contributed by atoms with van der Waals surface area (Å²) in [6.45, 7) is 2.99. The summed E-state index contributed by atoms with van der Waals surface area (Å²) in [7, 11) is 0. The lowest BCUT2D eigenvalue weighted by Crippen LogP contribution is -2.00. The third-order valence-corrected chi connectivity index (χ3v) is 3.34. The molecular weight excluding hydrogens is 238 g/mol. The number of aromatic nitrogens is 3. The predicted molar refractivity (Wildman–Crippen MR) is 74.9 cm³/mol. The Bertz CT molecular complexity index is 683. The van der Waals surface area contributed by atoms with Crippen molar-refractivity contribution in [2.24, 2.45) is 0 Å². The van der Waals surface area contributed by atoms with Crippen LogP contribution in [0.2, 0.25) is 0 Å². The second-order valence-corrected chi connectivity index (χ2v) is 4.73. The van der Waals surface area contributed by atoms with Crippen LogP contribution in [0.3, 0.4) is 0 Å². The molecule has 3 aromatic rings. The van der Waals surface area contributed by atoms with Gasteiger partial charge in [-0.3, -0.25) is 4.68 Å². The Hall–Kier alpha value is -2.07. The zero-order valence-electron chi connectivity index (χ0n) is 10.9. The van der Waals surface area contributed by atoms with Crippen LogP contribution in [0.15, 0.2) is 42.9 Å². The van der Waals surface area contributed by atoms with Crippen molar-refractivity contribution in [3.63, 3.8) is 0 Å². The Labute approximate surface area is 111 Å². The highest BCUT2D eigenvalue weighted by atomic mass is 16.3. The van der Waals surface area contributed by atoms with E-state index in [2.05, 4.69) is 17.0 Å². The smallest absolute Gasteiger partial charge is 0.108 e. The van der Waals surface area contributed by atoms with Crippen molar-refractivity contribution >= 4 is 10.9 Å². The van der Waals surface area contributed by atoms with Gasteiger partial charge in [0.1, 0.15) is 6.10 Å². The molecule has 0 spiro atoms. The van der Waals surface area contributed by atoms with Gasteiger partial charge in [0.15, 0.2) is 0 Å². The van der Waals surface area contributed by atoms with Gasteiger partial charge in [0, 0.05) is 35.4 Å². The highest BCUT2D eigenvalue weighted by Gasteiger charge is 2.15. The molecule has 4 heteroatoms. The zero-order valence-corrected chi connectivity index (χ0v) is 10.9. The first-order valence-corrected chi connectivity index (χ1v) is 6.56. The van der Waals surface area contributed by atoms with E-state index < -0.39 is 6.10 Å². The van der Waals surface area contributed by atoms with Gasteiger partial charge in [0.05, 0.1) is 6.20 Å². The maximum atomic E-state index is 10.5. The average Bonchev–Trinajstić information content (AvgIpc) is 3.06. The van der Waals surface area contributed by atoms with E-state index >= 15 is 0 Å². The molecule has 2 aromatic heterocycles. The molecule has 0 aliphatic heterocycles. The largest absolute Gasteiger partial charge is 0.384 e. The van der Waals surface area contributed by atoms with Gasteiger partial charge in [0.25, 0.3) is 0 Å². The monoisotopic (exact) mass is 255 g/mol. The van der Waals surface area contributed by atoms with Gasteiger partial charge in [-0.2, -0.15) is 5.10 Å². The van der Waals surface area contributed by atoms with Crippen molar-refractivity contribution in [2.75, 3.05) is 0 Å². The second kappa shape index (κ2) is 4.90. The minimum atomic E-state index is -0.634. The summed E-state index contributed by atoms with van der Waals surface area (Å²) >= 11 is 0. The molecule has 1 aromatic carbocycles. The van der Waals surface area contributed by atoms with E-state index in [0.29, 0.717) is 0 Å². The van der Waals surface area contributed by atoms with Crippen LogP contribution >= 0.6 is 0 Å².